The third kappa shape index (κ3) is 4.57. The molecule has 0 aliphatic carbocycles. The third-order valence-corrected chi connectivity index (χ3v) is 9.22. The normalized spacial score (nSPS) is 11.4. The summed E-state index contributed by atoms with van der Waals surface area (Å²) in [5.41, 5.74) is 9.85. The Hall–Kier alpha value is -6.39. The number of aromatic nitrogens is 4. The molecule has 2 heterocycles. The van der Waals surface area contributed by atoms with Crippen molar-refractivity contribution in [2.45, 2.75) is 6.92 Å². The van der Waals surface area contributed by atoms with Gasteiger partial charge in [0.1, 0.15) is 0 Å². The molecule has 0 amide bonds. The maximum absolute atomic E-state index is 5.19. The zero-order valence-electron chi connectivity index (χ0n) is 26.4. The monoisotopic (exact) mass is 614 g/mol. The molecule has 226 valence electrons. The van der Waals surface area contributed by atoms with E-state index in [-0.39, 0.29) is 0 Å². The van der Waals surface area contributed by atoms with Gasteiger partial charge in [-0.15, -0.1) is 0 Å². The zero-order valence-corrected chi connectivity index (χ0v) is 26.4. The van der Waals surface area contributed by atoms with Crippen LogP contribution in [-0.2, 0) is 0 Å². The van der Waals surface area contributed by atoms with Crippen molar-refractivity contribution in [2.24, 2.45) is 0 Å². The van der Waals surface area contributed by atoms with E-state index in [1.54, 1.807) is 0 Å². The summed E-state index contributed by atoms with van der Waals surface area (Å²) in [6, 6.07) is 57.3. The average Bonchev–Trinajstić information content (AvgIpc) is 3.49. The molecule has 4 nitrogen and oxygen atoms in total. The average molecular weight is 615 g/mol. The SMILES string of the molecule is Cc1ccccc1-c1ccc(-n2c3ccccc3c3ccccc32)c2c(-c3nc(-c4ccccc4)nc(-c4ccccc4)n3)cccc12. The van der Waals surface area contributed by atoms with E-state index in [1.165, 1.54) is 27.5 Å². The van der Waals surface area contributed by atoms with Crippen molar-refractivity contribution in [3.05, 3.63) is 169 Å². The summed E-state index contributed by atoms with van der Waals surface area (Å²) in [4.78, 5) is 15.4. The lowest BCUT2D eigenvalue weighted by Crippen LogP contribution is -2.02. The third-order valence-electron chi connectivity index (χ3n) is 9.22. The van der Waals surface area contributed by atoms with Crippen molar-refractivity contribution in [1.29, 1.82) is 0 Å². The highest BCUT2D eigenvalue weighted by atomic mass is 15.0. The van der Waals surface area contributed by atoms with Crippen molar-refractivity contribution in [3.8, 4) is 51.0 Å². The van der Waals surface area contributed by atoms with Gasteiger partial charge < -0.3 is 4.57 Å². The Bertz CT molecular complexity index is 2510. The molecular weight excluding hydrogens is 585 g/mol. The van der Waals surface area contributed by atoms with Crippen LogP contribution in [0.1, 0.15) is 5.56 Å². The summed E-state index contributed by atoms with van der Waals surface area (Å²) in [7, 11) is 0. The van der Waals surface area contributed by atoms with Crippen molar-refractivity contribution in [3.63, 3.8) is 0 Å². The van der Waals surface area contributed by atoms with Crippen LogP contribution in [-0.4, -0.2) is 19.5 Å². The molecule has 0 aliphatic heterocycles. The van der Waals surface area contributed by atoms with Gasteiger partial charge in [0.05, 0.1) is 16.7 Å². The van der Waals surface area contributed by atoms with Gasteiger partial charge in [0.25, 0.3) is 0 Å². The summed E-state index contributed by atoms with van der Waals surface area (Å²) in [6.07, 6.45) is 0. The number of benzene rings is 7. The van der Waals surface area contributed by atoms with Crippen LogP contribution in [0.5, 0.6) is 0 Å². The van der Waals surface area contributed by atoms with Gasteiger partial charge in [0.15, 0.2) is 17.5 Å². The Labute approximate surface area is 278 Å². The molecule has 0 saturated heterocycles. The van der Waals surface area contributed by atoms with Gasteiger partial charge >= 0.3 is 0 Å². The van der Waals surface area contributed by atoms with Gasteiger partial charge in [-0.1, -0.05) is 146 Å². The number of hydrogen-bond donors (Lipinski definition) is 0. The van der Waals surface area contributed by atoms with Crippen LogP contribution in [0.3, 0.4) is 0 Å². The second-order valence-corrected chi connectivity index (χ2v) is 12.1. The highest BCUT2D eigenvalue weighted by molar-refractivity contribution is 6.14. The van der Waals surface area contributed by atoms with E-state index in [4.69, 9.17) is 15.0 Å². The number of hydrogen-bond acceptors (Lipinski definition) is 3. The Morgan fingerprint density at radius 1 is 0.375 bits per heavy atom. The van der Waals surface area contributed by atoms with Gasteiger partial charge in [-0.2, -0.15) is 0 Å². The first kappa shape index (κ1) is 27.9. The van der Waals surface area contributed by atoms with Crippen LogP contribution >= 0.6 is 0 Å². The number of nitrogens with zero attached hydrogens (tertiary/aromatic N) is 4. The highest BCUT2D eigenvalue weighted by Crippen LogP contribution is 2.42. The largest absolute Gasteiger partial charge is 0.309 e. The second-order valence-electron chi connectivity index (χ2n) is 12.1. The first-order valence-corrected chi connectivity index (χ1v) is 16.2. The Balaban J connectivity index is 1.42. The second kappa shape index (κ2) is 11.4. The van der Waals surface area contributed by atoms with Crippen molar-refractivity contribution in [2.75, 3.05) is 0 Å². The van der Waals surface area contributed by atoms with Crippen molar-refractivity contribution >= 4 is 32.6 Å². The lowest BCUT2D eigenvalue weighted by Gasteiger charge is -2.18. The minimum atomic E-state index is 0.636. The molecule has 4 heteroatoms. The summed E-state index contributed by atoms with van der Waals surface area (Å²) in [5, 5.41) is 4.68. The first-order chi connectivity index (χ1) is 23.7. The van der Waals surface area contributed by atoms with Crippen LogP contribution in [0.15, 0.2) is 164 Å². The number of para-hydroxylation sites is 2. The summed E-state index contributed by atoms with van der Waals surface area (Å²) >= 11 is 0. The van der Waals surface area contributed by atoms with Gasteiger partial charge in [-0.05, 0) is 47.2 Å². The molecule has 9 aromatic rings. The molecule has 0 spiro atoms. The van der Waals surface area contributed by atoms with Crippen LogP contribution < -0.4 is 0 Å². The molecular formula is C44H30N4. The molecule has 0 saturated carbocycles. The van der Waals surface area contributed by atoms with E-state index in [0.717, 1.165) is 44.2 Å². The van der Waals surface area contributed by atoms with Crippen LogP contribution in [0.2, 0.25) is 0 Å². The van der Waals surface area contributed by atoms with Gasteiger partial charge in [0, 0.05) is 32.8 Å². The Morgan fingerprint density at radius 2 is 0.875 bits per heavy atom. The minimum absolute atomic E-state index is 0.636. The maximum atomic E-state index is 5.19. The van der Waals surface area contributed by atoms with E-state index in [2.05, 4.69) is 139 Å². The Morgan fingerprint density at radius 3 is 1.50 bits per heavy atom. The number of rotatable bonds is 5. The molecule has 0 bridgehead atoms. The standard InChI is InChI=1S/C44H30N4/c1-29-15-8-9-20-32(29)33-27-28-40(48-38-25-12-10-21-34(38)35-22-11-13-26-39(35)48)41-36(33)23-14-24-37(41)44-46-42(30-16-4-2-5-17-30)45-43(47-44)31-18-6-3-7-19-31/h2-28H,1H3. The quantitative estimate of drug-likeness (QED) is 0.194. The predicted octanol–water partition coefficient (Wildman–Crippen LogP) is 11.1. The fourth-order valence-electron chi connectivity index (χ4n) is 6.98. The number of fused-ring (bicyclic) bond motifs is 4. The van der Waals surface area contributed by atoms with E-state index in [9.17, 15) is 0 Å². The topological polar surface area (TPSA) is 43.6 Å². The van der Waals surface area contributed by atoms with Crippen molar-refractivity contribution in [1.82, 2.24) is 19.5 Å². The molecule has 48 heavy (non-hydrogen) atoms. The molecule has 0 radical (unpaired) electrons. The summed E-state index contributed by atoms with van der Waals surface area (Å²) in [5.74, 6) is 1.92. The van der Waals surface area contributed by atoms with E-state index in [0.29, 0.717) is 17.5 Å². The summed E-state index contributed by atoms with van der Waals surface area (Å²) in [6.45, 7) is 2.18. The van der Waals surface area contributed by atoms with Crippen LogP contribution in [0.4, 0.5) is 0 Å². The molecule has 7 aromatic carbocycles. The first-order valence-electron chi connectivity index (χ1n) is 16.2. The summed E-state index contributed by atoms with van der Waals surface area (Å²) < 4.78 is 2.40. The smallest absolute Gasteiger partial charge is 0.164 e. The lowest BCUT2D eigenvalue weighted by molar-refractivity contribution is 1.08. The fraction of sp³-hybridized carbons (Fsp3) is 0.0227. The molecule has 0 fully saturated rings. The zero-order chi connectivity index (χ0) is 32.0. The molecule has 0 unspecified atom stereocenters. The molecule has 2 aromatic heterocycles. The molecule has 0 atom stereocenters. The van der Waals surface area contributed by atoms with Gasteiger partial charge in [0.2, 0.25) is 0 Å². The highest BCUT2D eigenvalue weighted by Gasteiger charge is 2.21. The van der Waals surface area contributed by atoms with E-state index in [1.807, 2.05) is 36.4 Å². The van der Waals surface area contributed by atoms with Gasteiger partial charge in [-0.25, -0.2) is 15.0 Å². The van der Waals surface area contributed by atoms with Crippen LogP contribution in [0, 0.1) is 6.92 Å². The predicted molar refractivity (Wildman–Crippen MR) is 198 cm³/mol. The molecule has 0 N–H and O–H groups in total. The van der Waals surface area contributed by atoms with Crippen LogP contribution in [0.25, 0.3) is 83.6 Å². The minimum Gasteiger partial charge on any atom is -0.309 e. The van der Waals surface area contributed by atoms with E-state index < -0.39 is 0 Å². The molecule has 9 rings (SSSR count). The maximum Gasteiger partial charge on any atom is 0.164 e. The molecule has 0 aliphatic rings. The Kier molecular flexibility index (Phi) is 6.65. The van der Waals surface area contributed by atoms with Gasteiger partial charge in [-0.3, -0.25) is 0 Å². The lowest BCUT2D eigenvalue weighted by atomic mass is 9.92. The van der Waals surface area contributed by atoms with Crippen molar-refractivity contribution < 1.29 is 0 Å². The number of aryl methyl sites for hydroxylation is 1. The van der Waals surface area contributed by atoms with E-state index >= 15 is 0 Å². The fourth-order valence-corrected chi connectivity index (χ4v) is 6.98.